The molecule has 0 aliphatic carbocycles. The van der Waals surface area contributed by atoms with Crippen LogP contribution in [0.2, 0.25) is 0 Å². The molecule has 1 aromatic heterocycles. The first-order valence-corrected chi connectivity index (χ1v) is 4.39. The summed E-state index contributed by atoms with van der Waals surface area (Å²) in [6.45, 7) is 0.906. The van der Waals surface area contributed by atoms with E-state index in [1.807, 2.05) is 0 Å². The Bertz CT molecular complexity index is 217. The van der Waals surface area contributed by atoms with E-state index in [-0.39, 0.29) is 0 Å². The van der Waals surface area contributed by atoms with E-state index >= 15 is 0 Å². The van der Waals surface area contributed by atoms with Crippen molar-refractivity contribution < 1.29 is 4.74 Å². The first-order chi connectivity index (χ1) is 4.36. The molecule has 1 saturated heterocycles. The Kier molecular flexibility index (Phi) is 1.36. The highest BCUT2D eigenvalue weighted by molar-refractivity contribution is 9.11. The third-order valence-corrected chi connectivity index (χ3v) is 2.82. The van der Waals surface area contributed by atoms with Gasteiger partial charge in [-0.05, 0) is 32.9 Å². The van der Waals surface area contributed by atoms with Gasteiger partial charge < -0.3 is 4.74 Å². The van der Waals surface area contributed by atoms with Gasteiger partial charge in [0.2, 0.25) is 0 Å². The molecule has 2 rings (SSSR count). The number of rotatable bonds is 1. The van der Waals surface area contributed by atoms with Crippen molar-refractivity contribution in [2.45, 2.75) is 6.10 Å². The van der Waals surface area contributed by atoms with Crippen molar-refractivity contribution in [3.63, 3.8) is 0 Å². The Hall–Kier alpha value is 0.140. The molecule has 0 N–H and O–H groups in total. The van der Waals surface area contributed by atoms with Gasteiger partial charge in [-0.25, -0.2) is 0 Å². The third kappa shape index (κ3) is 1.18. The van der Waals surface area contributed by atoms with Crippen molar-refractivity contribution in [3.8, 4) is 0 Å². The van der Waals surface area contributed by atoms with Gasteiger partial charge >= 0.3 is 0 Å². The van der Waals surface area contributed by atoms with Crippen molar-refractivity contribution in [1.82, 2.24) is 0 Å². The van der Waals surface area contributed by atoms with Gasteiger partial charge in [0.25, 0.3) is 0 Å². The fourth-order valence-electron chi connectivity index (χ4n) is 0.733. The molecule has 9 heavy (non-hydrogen) atoms. The average Bonchev–Trinajstić information content (AvgIpc) is 2.58. The zero-order chi connectivity index (χ0) is 6.27. The van der Waals surface area contributed by atoms with Crippen LogP contribution >= 0.6 is 27.3 Å². The summed E-state index contributed by atoms with van der Waals surface area (Å²) < 4.78 is 6.28. The van der Waals surface area contributed by atoms with Crippen molar-refractivity contribution in [2.24, 2.45) is 0 Å². The van der Waals surface area contributed by atoms with Crippen LogP contribution in [0.1, 0.15) is 11.7 Å². The molecule has 3 heteroatoms. The molecule has 0 spiro atoms. The van der Waals surface area contributed by atoms with Crippen LogP contribution < -0.4 is 0 Å². The zero-order valence-electron chi connectivity index (χ0n) is 4.63. The minimum absolute atomic E-state index is 0.410. The lowest BCUT2D eigenvalue weighted by molar-refractivity contribution is 0.416. The highest BCUT2D eigenvalue weighted by Crippen LogP contribution is 2.34. The molecule has 48 valence electrons. The molecular weight excluding hydrogens is 200 g/mol. The van der Waals surface area contributed by atoms with Gasteiger partial charge in [-0.2, -0.15) is 0 Å². The molecule has 2 heterocycles. The Labute approximate surface area is 65.8 Å². The number of hydrogen-bond acceptors (Lipinski definition) is 2. The van der Waals surface area contributed by atoms with E-state index in [9.17, 15) is 0 Å². The van der Waals surface area contributed by atoms with Crippen LogP contribution in [0.25, 0.3) is 0 Å². The van der Waals surface area contributed by atoms with Gasteiger partial charge in [0.1, 0.15) is 6.10 Å². The molecule has 0 aromatic carbocycles. The Balaban J connectivity index is 2.28. The summed E-state index contributed by atoms with van der Waals surface area (Å²) in [6.07, 6.45) is 0.410. The second-order valence-corrected chi connectivity index (χ2v) is 4.30. The van der Waals surface area contributed by atoms with Crippen molar-refractivity contribution in [2.75, 3.05) is 6.61 Å². The molecule has 1 aliphatic rings. The minimum atomic E-state index is 0.410. The number of thiophene rings is 1. The molecule has 1 aliphatic heterocycles. The maximum atomic E-state index is 5.09. The molecule has 0 unspecified atom stereocenters. The minimum Gasteiger partial charge on any atom is -0.368 e. The largest absolute Gasteiger partial charge is 0.368 e. The highest BCUT2D eigenvalue weighted by Gasteiger charge is 2.25. The molecule has 0 amide bonds. The third-order valence-electron chi connectivity index (χ3n) is 1.29. The number of epoxide rings is 1. The number of hydrogen-bond donors (Lipinski definition) is 0. The smallest absolute Gasteiger partial charge is 0.107 e. The van der Waals surface area contributed by atoms with E-state index in [1.165, 1.54) is 9.35 Å². The Morgan fingerprint density at radius 1 is 1.78 bits per heavy atom. The van der Waals surface area contributed by atoms with Crippen molar-refractivity contribution >= 4 is 27.3 Å². The predicted molar refractivity (Wildman–Crippen MR) is 40.7 cm³/mol. The SMILES string of the molecule is Brc1cc([C@H]2CO2)cs1. The van der Waals surface area contributed by atoms with Gasteiger partial charge in [-0.1, -0.05) is 0 Å². The summed E-state index contributed by atoms with van der Waals surface area (Å²) >= 11 is 5.10. The highest BCUT2D eigenvalue weighted by atomic mass is 79.9. The van der Waals surface area contributed by atoms with Crippen molar-refractivity contribution in [1.29, 1.82) is 0 Å². The molecule has 1 atom stereocenters. The van der Waals surface area contributed by atoms with Gasteiger partial charge in [0.05, 0.1) is 10.4 Å². The second-order valence-electron chi connectivity index (χ2n) is 2.01. The molecule has 0 radical (unpaired) electrons. The molecule has 1 fully saturated rings. The number of ether oxygens (including phenoxy) is 1. The van der Waals surface area contributed by atoms with E-state index in [0.29, 0.717) is 6.10 Å². The lowest BCUT2D eigenvalue weighted by Gasteiger charge is -1.80. The van der Waals surface area contributed by atoms with Gasteiger partial charge in [0.15, 0.2) is 0 Å². The zero-order valence-corrected chi connectivity index (χ0v) is 7.04. The molecule has 1 nitrogen and oxygen atoms in total. The van der Waals surface area contributed by atoms with Gasteiger partial charge in [0, 0.05) is 0 Å². The summed E-state index contributed by atoms with van der Waals surface area (Å²) in [6, 6.07) is 2.11. The van der Waals surface area contributed by atoms with Crippen LogP contribution in [-0.2, 0) is 4.74 Å². The summed E-state index contributed by atoms with van der Waals surface area (Å²) in [5.74, 6) is 0. The summed E-state index contributed by atoms with van der Waals surface area (Å²) in [5, 5.41) is 2.13. The fourth-order valence-corrected chi connectivity index (χ4v) is 1.95. The Morgan fingerprint density at radius 2 is 2.56 bits per heavy atom. The lowest BCUT2D eigenvalue weighted by atomic mass is 10.3. The van der Waals surface area contributed by atoms with Crippen LogP contribution in [0.5, 0.6) is 0 Å². The molecule has 0 bridgehead atoms. The van der Waals surface area contributed by atoms with Gasteiger partial charge in [-0.3, -0.25) is 0 Å². The van der Waals surface area contributed by atoms with Crippen LogP contribution in [0, 0.1) is 0 Å². The predicted octanol–water partition coefficient (Wildman–Crippen LogP) is 2.58. The lowest BCUT2D eigenvalue weighted by Crippen LogP contribution is -1.69. The van der Waals surface area contributed by atoms with E-state index < -0.39 is 0 Å². The standard InChI is InChI=1S/C6H5BrOS/c7-6-1-4(3-9-6)5-2-8-5/h1,3,5H,2H2/t5-/m1/s1. The Morgan fingerprint density at radius 3 is 3.00 bits per heavy atom. The maximum absolute atomic E-state index is 5.09. The second kappa shape index (κ2) is 2.08. The van der Waals surface area contributed by atoms with Crippen LogP contribution in [0.3, 0.4) is 0 Å². The van der Waals surface area contributed by atoms with E-state index in [4.69, 9.17) is 4.74 Å². The molecular formula is C6H5BrOS. The monoisotopic (exact) mass is 204 g/mol. The van der Waals surface area contributed by atoms with Gasteiger partial charge in [-0.15, -0.1) is 11.3 Å². The molecule has 0 saturated carbocycles. The average molecular weight is 205 g/mol. The molecule has 1 aromatic rings. The van der Waals surface area contributed by atoms with Crippen molar-refractivity contribution in [3.05, 3.63) is 20.8 Å². The van der Waals surface area contributed by atoms with Crippen LogP contribution in [0.4, 0.5) is 0 Å². The van der Waals surface area contributed by atoms with E-state index in [0.717, 1.165) is 6.61 Å². The van der Waals surface area contributed by atoms with E-state index in [2.05, 4.69) is 27.4 Å². The topological polar surface area (TPSA) is 12.5 Å². The van der Waals surface area contributed by atoms with Crippen LogP contribution in [0.15, 0.2) is 15.2 Å². The summed E-state index contributed by atoms with van der Waals surface area (Å²) in [4.78, 5) is 0. The summed E-state index contributed by atoms with van der Waals surface area (Å²) in [5.41, 5.74) is 1.31. The maximum Gasteiger partial charge on any atom is 0.107 e. The summed E-state index contributed by atoms with van der Waals surface area (Å²) in [7, 11) is 0. The fraction of sp³-hybridized carbons (Fsp3) is 0.333. The van der Waals surface area contributed by atoms with E-state index in [1.54, 1.807) is 11.3 Å². The van der Waals surface area contributed by atoms with Crippen LogP contribution in [-0.4, -0.2) is 6.61 Å². The quantitative estimate of drug-likeness (QED) is 0.642. The first-order valence-electron chi connectivity index (χ1n) is 2.72. The normalized spacial score (nSPS) is 24.3. The first kappa shape index (κ1) is 5.89. The number of halogens is 1.